The Hall–Kier alpha value is -3.15. The number of aromatic nitrogens is 4. The second kappa shape index (κ2) is 8.25. The summed E-state index contributed by atoms with van der Waals surface area (Å²) in [5, 5.41) is 33.1. The zero-order chi connectivity index (χ0) is 20.3. The van der Waals surface area contributed by atoms with Crippen molar-refractivity contribution in [2.75, 3.05) is 0 Å². The van der Waals surface area contributed by atoms with Crippen LogP contribution in [0, 0.1) is 11.3 Å². The fraction of sp³-hybridized carbons (Fsp3) is 0.263. The van der Waals surface area contributed by atoms with Crippen molar-refractivity contribution in [1.29, 1.82) is 5.26 Å². The third-order valence-electron chi connectivity index (χ3n) is 4.16. The Kier molecular flexibility index (Phi) is 5.78. The molecule has 8 nitrogen and oxygen atoms in total. The summed E-state index contributed by atoms with van der Waals surface area (Å²) in [5.41, 5.74) is 2.35. The van der Waals surface area contributed by atoms with Crippen LogP contribution in [-0.2, 0) is 6.54 Å². The summed E-state index contributed by atoms with van der Waals surface area (Å²) in [4.78, 5) is 12.3. The molecule has 9 heteroatoms. The molecule has 0 radical (unpaired) electrons. The highest BCUT2D eigenvalue weighted by molar-refractivity contribution is 6.32. The SMILES string of the molecule is CC(Cn1ccc(-c2cccc(Cl)c2C#N)n1)NC(=O)c1cc(C(C)O)[nH]n1. The van der Waals surface area contributed by atoms with E-state index in [1.807, 2.05) is 6.92 Å². The van der Waals surface area contributed by atoms with Crippen molar-refractivity contribution in [3.8, 4) is 17.3 Å². The first kappa shape index (κ1) is 19.6. The van der Waals surface area contributed by atoms with Crippen LogP contribution in [0.5, 0.6) is 0 Å². The molecule has 2 aromatic heterocycles. The summed E-state index contributed by atoms with van der Waals surface area (Å²) >= 11 is 6.08. The van der Waals surface area contributed by atoms with E-state index in [-0.39, 0.29) is 17.6 Å². The molecule has 0 saturated carbocycles. The average molecular weight is 399 g/mol. The minimum absolute atomic E-state index is 0.210. The molecule has 0 fully saturated rings. The fourth-order valence-corrected chi connectivity index (χ4v) is 2.97. The molecule has 1 amide bonds. The first-order valence-corrected chi connectivity index (χ1v) is 9.03. The molecule has 28 heavy (non-hydrogen) atoms. The van der Waals surface area contributed by atoms with Gasteiger partial charge in [0, 0.05) is 17.8 Å². The summed E-state index contributed by atoms with van der Waals surface area (Å²) in [6, 6.07) is 10.4. The van der Waals surface area contributed by atoms with Gasteiger partial charge in [0.05, 0.1) is 34.6 Å². The standard InChI is InChI=1S/C19H19ClN6O2/c1-11(22-19(28)18-8-17(12(2)27)23-24-18)10-26-7-6-16(25-26)13-4-3-5-15(20)14(13)9-21/h3-8,11-12,27H,10H2,1-2H3,(H,22,28)(H,23,24). The van der Waals surface area contributed by atoms with E-state index in [0.717, 1.165) is 0 Å². The van der Waals surface area contributed by atoms with E-state index in [1.54, 1.807) is 42.1 Å². The average Bonchev–Trinajstić information content (AvgIpc) is 3.31. The number of rotatable bonds is 6. The maximum atomic E-state index is 12.3. The lowest BCUT2D eigenvalue weighted by molar-refractivity contribution is 0.0931. The van der Waals surface area contributed by atoms with Gasteiger partial charge in [-0.15, -0.1) is 0 Å². The number of benzene rings is 1. The largest absolute Gasteiger partial charge is 0.387 e. The summed E-state index contributed by atoms with van der Waals surface area (Å²) in [7, 11) is 0. The number of amides is 1. The number of nitrogens with one attached hydrogen (secondary N) is 2. The van der Waals surface area contributed by atoms with E-state index in [4.69, 9.17) is 11.6 Å². The van der Waals surface area contributed by atoms with E-state index in [2.05, 4.69) is 26.7 Å². The van der Waals surface area contributed by atoms with Crippen molar-refractivity contribution >= 4 is 17.5 Å². The Labute approximate surface area is 166 Å². The second-order valence-corrected chi connectivity index (χ2v) is 6.86. The smallest absolute Gasteiger partial charge is 0.272 e. The predicted molar refractivity (Wildman–Crippen MR) is 104 cm³/mol. The van der Waals surface area contributed by atoms with Crippen LogP contribution in [0.15, 0.2) is 36.5 Å². The lowest BCUT2D eigenvalue weighted by atomic mass is 10.1. The highest BCUT2D eigenvalue weighted by Gasteiger charge is 2.16. The monoisotopic (exact) mass is 398 g/mol. The zero-order valence-electron chi connectivity index (χ0n) is 15.3. The number of aliphatic hydroxyl groups is 1. The fourth-order valence-electron chi connectivity index (χ4n) is 2.75. The van der Waals surface area contributed by atoms with Gasteiger partial charge in [0.2, 0.25) is 0 Å². The quantitative estimate of drug-likeness (QED) is 0.589. The molecule has 2 unspecified atom stereocenters. The van der Waals surface area contributed by atoms with Gasteiger partial charge in [-0.05, 0) is 32.0 Å². The van der Waals surface area contributed by atoms with Crippen LogP contribution in [0.3, 0.4) is 0 Å². The Bertz CT molecular complexity index is 1030. The van der Waals surface area contributed by atoms with E-state index in [9.17, 15) is 15.2 Å². The number of H-pyrrole nitrogens is 1. The van der Waals surface area contributed by atoms with Crippen LogP contribution in [0.1, 0.15) is 41.7 Å². The van der Waals surface area contributed by atoms with E-state index in [1.165, 1.54) is 6.07 Å². The number of aliphatic hydroxyl groups excluding tert-OH is 1. The van der Waals surface area contributed by atoms with Crippen molar-refractivity contribution in [2.24, 2.45) is 0 Å². The van der Waals surface area contributed by atoms with Crippen LogP contribution in [0.2, 0.25) is 5.02 Å². The first-order valence-electron chi connectivity index (χ1n) is 8.65. The molecular formula is C19H19ClN6O2. The lowest BCUT2D eigenvalue weighted by Crippen LogP contribution is -2.36. The molecule has 1 aromatic carbocycles. The van der Waals surface area contributed by atoms with Gasteiger partial charge in [-0.25, -0.2) is 0 Å². The van der Waals surface area contributed by atoms with Gasteiger partial charge >= 0.3 is 0 Å². The molecule has 3 N–H and O–H groups in total. The van der Waals surface area contributed by atoms with Gasteiger partial charge in [0.1, 0.15) is 11.8 Å². The molecule has 0 saturated heterocycles. The van der Waals surface area contributed by atoms with Crippen LogP contribution in [-0.4, -0.2) is 37.0 Å². The molecule has 0 aliphatic heterocycles. The zero-order valence-corrected chi connectivity index (χ0v) is 16.1. The number of halogens is 1. The molecule has 0 bridgehead atoms. The third kappa shape index (κ3) is 4.22. The van der Waals surface area contributed by atoms with Crippen molar-refractivity contribution in [1.82, 2.24) is 25.3 Å². The summed E-state index contributed by atoms with van der Waals surface area (Å²) < 4.78 is 1.69. The number of nitrogens with zero attached hydrogens (tertiary/aromatic N) is 4. The van der Waals surface area contributed by atoms with E-state index >= 15 is 0 Å². The van der Waals surface area contributed by atoms with Crippen LogP contribution < -0.4 is 5.32 Å². The van der Waals surface area contributed by atoms with Gasteiger partial charge in [0.15, 0.2) is 0 Å². The van der Waals surface area contributed by atoms with E-state index < -0.39 is 6.10 Å². The number of carbonyl (C=O) groups is 1. The highest BCUT2D eigenvalue weighted by atomic mass is 35.5. The third-order valence-corrected chi connectivity index (χ3v) is 4.48. The minimum atomic E-state index is -0.723. The number of hydrogen-bond donors (Lipinski definition) is 3. The number of carbonyl (C=O) groups excluding carboxylic acids is 1. The maximum absolute atomic E-state index is 12.3. The van der Waals surface area contributed by atoms with Crippen molar-refractivity contribution in [2.45, 2.75) is 32.5 Å². The predicted octanol–water partition coefficient (Wildman–Crippen LogP) is 2.67. The molecule has 144 valence electrons. The summed E-state index contributed by atoms with van der Waals surface area (Å²) in [5.74, 6) is -0.343. The van der Waals surface area contributed by atoms with Gasteiger partial charge in [-0.3, -0.25) is 14.6 Å². The second-order valence-electron chi connectivity index (χ2n) is 6.46. The van der Waals surface area contributed by atoms with Crippen molar-refractivity contribution in [3.63, 3.8) is 0 Å². The minimum Gasteiger partial charge on any atom is -0.387 e. The number of nitriles is 1. The van der Waals surface area contributed by atoms with Gasteiger partial charge in [-0.1, -0.05) is 23.7 Å². The molecule has 0 spiro atoms. The topological polar surface area (TPSA) is 120 Å². The molecule has 0 aliphatic rings. The van der Waals surface area contributed by atoms with Crippen LogP contribution in [0.4, 0.5) is 0 Å². The number of hydrogen-bond acceptors (Lipinski definition) is 5. The number of aromatic amines is 1. The van der Waals surface area contributed by atoms with Crippen molar-refractivity contribution in [3.05, 3.63) is 58.5 Å². The maximum Gasteiger partial charge on any atom is 0.272 e. The van der Waals surface area contributed by atoms with Gasteiger partial charge < -0.3 is 10.4 Å². The highest BCUT2D eigenvalue weighted by Crippen LogP contribution is 2.27. The first-order chi connectivity index (χ1) is 13.4. The lowest BCUT2D eigenvalue weighted by Gasteiger charge is -2.13. The Balaban J connectivity index is 1.67. The van der Waals surface area contributed by atoms with Crippen LogP contribution in [0.25, 0.3) is 11.3 Å². The van der Waals surface area contributed by atoms with E-state index in [0.29, 0.717) is 34.1 Å². The Morgan fingerprint density at radius 1 is 1.43 bits per heavy atom. The molecular weight excluding hydrogens is 380 g/mol. The molecule has 3 rings (SSSR count). The Morgan fingerprint density at radius 3 is 2.89 bits per heavy atom. The molecule has 2 heterocycles. The molecule has 3 aromatic rings. The Morgan fingerprint density at radius 2 is 2.21 bits per heavy atom. The van der Waals surface area contributed by atoms with Gasteiger partial charge in [0.25, 0.3) is 5.91 Å². The van der Waals surface area contributed by atoms with Crippen LogP contribution >= 0.6 is 11.6 Å². The van der Waals surface area contributed by atoms with Gasteiger partial charge in [-0.2, -0.15) is 15.5 Å². The molecule has 2 atom stereocenters. The molecule has 0 aliphatic carbocycles. The summed E-state index contributed by atoms with van der Waals surface area (Å²) in [6.45, 7) is 3.87. The summed E-state index contributed by atoms with van der Waals surface area (Å²) in [6.07, 6.45) is 1.05. The normalized spacial score (nSPS) is 13.0. The van der Waals surface area contributed by atoms with Crippen molar-refractivity contribution < 1.29 is 9.90 Å².